The molecule has 0 spiro atoms. The highest BCUT2D eigenvalue weighted by atomic mass is 16.5. The quantitative estimate of drug-likeness (QED) is 0.238. The maximum absolute atomic E-state index is 13.0. The Morgan fingerprint density at radius 3 is 1.22 bits per heavy atom. The predicted molar refractivity (Wildman–Crippen MR) is 119 cm³/mol. The molecule has 4 rings (SSSR count). The number of carbonyl (C=O) groups excluding carboxylic acids is 3. The molecule has 5 nitrogen and oxygen atoms in total. The minimum atomic E-state index is -0.509. The number of esters is 2. The number of benzene rings is 4. The van der Waals surface area contributed by atoms with Crippen molar-refractivity contribution in [2.75, 3.05) is 0 Å². The van der Waals surface area contributed by atoms with Gasteiger partial charge in [-0.15, -0.1) is 0 Å². The van der Waals surface area contributed by atoms with E-state index in [1.54, 1.807) is 97.1 Å². The van der Waals surface area contributed by atoms with Crippen molar-refractivity contribution in [3.05, 3.63) is 131 Å². The topological polar surface area (TPSA) is 69.7 Å². The van der Waals surface area contributed by atoms with E-state index in [4.69, 9.17) is 9.47 Å². The van der Waals surface area contributed by atoms with E-state index in [9.17, 15) is 14.4 Å². The molecule has 0 fully saturated rings. The SMILES string of the molecule is O=C(Oc1cccc(C(=O)c2cccc(OC(=O)c3ccccc3)c2)c1)c1ccccc1. The molecule has 0 aliphatic rings. The normalized spacial score (nSPS) is 10.2. The van der Waals surface area contributed by atoms with Gasteiger partial charge in [0.05, 0.1) is 11.1 Å². The zero-order valence-corrected chi connectivity index (χ0v) is 16.9. The fourth-order valence-corrected chi connectivity index (χ4v) is 3.05. The van der Waals surface area contributed by atoms with Gasteiger partial charge in [-0.2, -0.15) is 0 Å². The number of hydrogen-bond donors (Lipinski definition) is 0. The van der Waals surface area contributed by atoms with Crippen molar-refractivity contribution in [2.45, 2.75) is 0 Å². The van der Waals surface area contributed by atoms with Crippen molar-refractivity contribution >= 4 is 17.7 Å². The van der Waals surface area contributed by atoms with Gasteiger partial charge in [-0.1, -0.05) is 60.7 Å². The lowest BCUT2D eigenvalue weighted by Gasteiger charge is -2.08. The minimum absolute atomic E-state index is 0.261. The van der Waals surface area contributed by atoms with Gasteiger partial charge in [0.1, 0.15) is 11.5 Å². The van der Waals surface area contributed by atoms with Crippen molar-refractivity contribution in [3.63, 3.8) is 0 Å². The molecule has 0 unspecified atom stereocenters. The Labute approximate surface area is 184 Å². The molecule has 0 bridgehead atoms. The summed E-state index contributed by atoms with van der Waals surface area (Å²) in [5.41, 5.74) is 1.51. The van der Waals surface area contributed by atoms with Crippen LogP contribution in [0.5, 0.6) is 11.5 Å². The van der Waals surface area contributed by atoms with E-state index in [1.165, 1.54) is 12.1 Å². The lowest BCUT2D eigenvalue weighted by molar-refractivity contribution is 0.0725. The molecule has 4 aromatic carbocycles. The lowest BCUT2D eigenvalue weighted by Crippen LogP contribution is -2.10. The molecule has 0 atom stereocenters. The monoisotopic (exact) mass is 422 g/mol. The van der Waals surface area contributed by atoms with Crippen LogP contribution < -0.4 is 9.47 Å². The van der Waals surface area contributed by atoms with E-state index in [2.05, 4.69) is 0 Å². The highest BCUT2D eigenvalue weighted by Gasteiger charge is 2.14. The summed E-state index contributed by atoms with van der Waals surface area (Å²) in [6.45, 7) is 0. The molecule has 156 valence electrons. The van der Waals surface area contributed by atoms with E-state index in [1.807, 2.05) is 0 Å². The van der Waals surface area contributed by atoms with Gasteiger partial charge in [0.2, 0.25) is 0 Å². The summed E-state index contributed by atoms with van der Waals surface area (Å²) in [6, 6.07) is 30.0. The zero-order valence-electron chi connectivity index (χ0n) is 16.9. The van der Waals surface area contributed by atoms with Crippen LogP contribution in [0.25, 0.3) is 0 Å². The van der Waals surface area contributed by atoms with Crippen molar-refractivity contribution in [1.82, 2.24) is 0 Å². The highest BCUT2D eigenvalue weighted by molar-refractivity contribution is 6.09. The molecule has 0 saturated heterocycles. The molecule has 0 aliphatic carbocycles. The summed E-state index contributed by atoms with van der Waals surface area (Å²) in [4.78, 5) is 37.5. The first-order valence-electron chi connectivity index (χ1n) is 9.89. The average molecular weight is 422 g/mol. The molecule has 32 heavy (non-hydrogen) atoms. The summed E-state index contributed by atoms with van der Waals surface area (Å²) in [7, 11) is 0. The Hall–Kier alpha value is -4.51. The van der Waals surface area contributed by atoms with Gasteiger partial charge in [0.25, 0.3) is 0 Å². The maximum Gasteiger partial charge on any atom is 0.343 e. The number of rotatable bonds is 6. The smallest absolute Gasteiger partial charge is 0.343 e. The highest BCUT2D eigenvalue weighted by Crippen LogP contribution is 2.21. The van der Waals surface area contributed by atoms with Crippen LogP contribution in [0.4, 0.5) is 0 Å². The number of carbonyl (C=O) groups is 3. The molecule has 0 aliphatic heterocycles. The predicted octanol–water partition coefficient (Wildman–Crippen LogP) is 5.36. The Kier molecular flexibility index (Phi) is 6.18. The summed E-state index contributed by atoms with van der Waals surface area (Å²) in [5, 5.41) is 0. The first-order valence-corrected chi connectivity index (χ1v) is 9.89. The van der Waals surface area contributed by atoms with Crippen LogP contribution in [0.3, 0.4) is 0 Å². The van der Waals surface area contributed by atoms with E-state index < -0.39 is 11.9 Å². The second kappa shape index (κ2) is 9.53. The Bertz CT molecular complexity index is 1160. The summed E-state index contributed by atoms with van der Waals surface area (Å²) in [6.07, 6.45) is 0. The third-order valence-corrected chi connectivity index (χ3v) is 4.63. The van der Waals surface area contributed by atoms with Gasteiger partial charge in [-0.05, 0) is 48.5 Å². The van der Waals surface area contributed by atoms with E-state index in [-0.39, 0.29) is 17.3 Å². The van der Waals surface area contributed by atoms with Gasteiger partial charge in [-0.25, -0.2) is 9.59 Å². The van der Waals surface area contributed by atoms with Crippen LogP contribution in [0.15, 0.2) is 109 Å². The first kappa shape index (κ1) is 20.8. The Morgan fingerprint density at radius 1 is 0.438 bits per heavy atom. The van der Waals surface area contributed by atoms with Crippen molar-refractivity contribution < 1.29 is 23.9 Å². The molecular weight excluding hydrogens is 404 g/mol. The third-order valence-electron chi connectivity index (χ3n) is 4.63. The third kappa shape index (κ3) is 4.96. The lowest BCUT2D eigenvalue weighted by atomic mass is 10.0. The van der Waals surface area contributed by atoms with Gasteiger partial charge in [0.15, 0.2) is 5.78 Å². The second-order valence-corrected chi connectivity index (χ2v) is 6.90. The second-order valence-electron chi connectivity index (χ2n) is 6.90. The van der Waals surface area contributed by atoms with Gasteiger partial charge < -0.3 is 9.47 Å². The van der Waals surface area contributed by atoms with E-state index >= 15 is 0 Å². The fourth-order valence-electron chi connectivity index (χ4n) is 3.05. The standard InChI is InChI=1S/C27H18O5/c28-25(21-13-7-15-23(17-21)31-26(29)19-9-3-1-4-10-19)22-14-8-16-24(18-22)32-27(30)20-11-5-2-6-12-20/h1-18H. The van der Waals surface area contributed by atoms with Crippen LogP contribution in [0.1, 0.15) is 36.6 Å². The number of ether oxygens (including phenoxy) is 2. The van der Waals surface area contributed by atoms with Crippen molar-refractivity contribution in [3.8, 4) is 11.5 Å². The van der Waals surface area contributed by atoms with Gasteiger partial charge >= 0.3 is 11.9 Å². The molecule has 0 radical (unpaired) electrons. The van der Waals surface area contributed by atoms with Crippen LogP contribution in [0.2, 0.25) is 0 Å². The largest absolute Gasteiger partial charge is 0.423 e. The van der Waals surface area contributed by atoms with Crippen LogP contribution >= 0.6 is 0 Å². The summed E-state index contributed by atoms with van der Waals surface area (Å²) >= 11 is 0. The molecular formula is C27H18O5. The molecule has 0 saturated carbocycles. The zero-order chi connectivity index (χ0) is 22.3. The summed E-state index contributed by atoms with van der Waals surface area (Å²) in [5.74, 6) is -0.789. The summed E-state index contributed by atoms with van der Waals surface area (Å²) < 4.78 is 10.8. The number of ketones is 1. The van der Waals surface area contributed by atoms with Crippen LogP contribution in [-0.2, 0) is 0 Å². The Balaban J connectivity index is 1.50. The maximum atomic E-state index is 13.0. The number of hydrogen-bond acceptors (Lipinski definition) is 5. The minimum Gasteiger partial charge on any atom is -0.423 e. The average Bonchev–Trinajstić information content (AvgIpc) is 2.85. The molecule has 0 heterocycles. The first-order chi connectivity index (χ1) is 15.6. The van der Waals surface area contributed by atoms with E-state index in [0.717, 1.165) is 0 Å². The Morgan fingerprint density at radius 2 is 0.812 bits per heavy atom. The molecule has 4 aromatic rings. The van der Waals surface area contributed by atoms with Crippen LogP contribution in [-0.4, -0.2) is 17.7 Å². The van der Waals surface area contributed by atoms with Gasteiger partial charge in [0, 0.05) is 11.1 Å². The molecule has 0 amide bonds. The molecule has 0 aromatic heterocycles. The van der Waals surface area contributed by atoms with E-state index in [0.29, 0.717) is 22.3 Å². The van der Waals surface area contributed by atoms with Crippen LogP contribution in [0, 0.1) is 0 Å². The molecule has 0 N–H and O–H groups in total. The van der Waals surface area contributed by atoms with Crippen molar-refractivity contribution in [2.24, 2.45) is 0 Å². The van der Waals surface area contributed by atoms with Gasteiger partial charge in [-0.3, -0.25) is 4.79 Å². The van der Waals surface area contributed by atoms with Crippen molar-refractivity contribution in [1.29, 1.82) is 0 Å². The fraction of sp³-hybridized carbons (Fsp3) is 0. The molecule has 5 heteroatoms.